The predicted octanol–water partition coefficient (Wildman–Crippen LogP) is 14.8. The van der Waals surface area contributed by atoms with Crippen LogP contribution in [0.3, 0.4) is 0 Å². The number of nitrogens with zero attached hydrogens (tertiary/aromatic N) is 1. The van der Waals surface area contributed by atoms with E-state index in [4.69, 9.17) is 0 Å². The minimum absolute atomic E-state index is 0.0711. The number of thiophene rings is 1. The first-order valence-corrected chi connectivity index (χ1v) is 19.2. The molecule has 0 radical (unpaired) electrons. The molecule has 0 atom stereocenters. The van der Waals surface area contributed by atoms with Crippen LogP contribution in [-0.2, 0) is 5.41 Å². The van der Waals surface area contributed by atoms with E-state index in [0.717, 1.165) is 17.1 Å². The molecule has 252 valence electrons. The fourth-order valence-electron chi connectivity index (χ4n) is 8.57. The van der Waals surface area contributed by atoms with Crippen LogP contribution in [0.2, 0.25) is 0 Å². The number of fused-ring (bicyclic) bond motifs is 6. The van der Waals surface area contributed by atoms with E-state index in [9.17, 15) is 0 Å². The van der Waals surface area contributed by atoms with E-state index in [1.807, 2.05) is 11.3 Å². The first-order valence-electron chi connectivity index (χ1n) is 18.4. The van der Waals surface area contributed by atoms with Crippen LogP contribution < -0.4 is 4.90 Å². The number of hydrogen-bond acceptors (Lipinski definition) is 2. The van der Waals surface area contributed by atoms with Crippen molar-refractivity contribution >= 4 is 48.6 Å². The lowest BCUT2D eigenvalue weighted by Crippen LogP contribution is -2.15. The Morgan fingerprint density at radius 3 is 1.75 bits per heavy atom. The van der Waals surface area contributed by atoms with Crippen molar-refractivity contribution in [3.63, 3.8) is 0 Å². The van der Waals surface area contributed by atoms with Crippen molar-refractivity contribution in [1.82, 2.24) is 0 Å². The van der Waals surface area contributed by atoms with Crippen molar-refractivity contribution < 1.29 is 0 Å². The summed E-state index contributed by atoms with van der Waals surface area (Å²) in [6.07, 6.45) is 0. The Balaban J connectivity index is 1.29. The Morgan fingerprint density at radius 1 is 0.396 bits per heavy atom. The van der Waals surface area contributed by atoms with Gasteiger partial charge < -0.3 is 4.90 Å². The van der Waals surface area contributed by atoms with Crippen molar-refractivity contribution in [2.24, 2.45) is 0 Å². The molecule has 9 aromatic rings. The van der Waals surface area contributed by atoms with Gasteiger partial charge in [-0.05, 0) is 86.5 Å². The smallest absolute Gasteiger partial charge is 0.0546 e. The van der Waals surface area contributed by atoms with Gasteiger partial charge in [0.2, 0.25) is 0 Å². The maximum absolute atomic E-state index is 2.50. The van der Waals surface area contributed by atoms with Gasteiger partial charge in [0, 0.05) is 42.5 Å². The zero-order valence-electron chi connectivity index (χ0n) is 29.8. The molecule has 2 heteroatoms. The average Bonchev–Trinajstić information content (AvgIpc) is 3.70. The summed E-state index contributed by atoms with van der Waals surface area (Å²) in [6.45, 7) is 4.71. The zero-order valence-corrected chi connectivity index (χ0v) is 30.6. The first kappa shape index (κ1) is 31.5. The third-order valence-electron chi connectivity index (χ3n) is 11.1. The summed E-state index contributed by atoms with van der Waals surface area (Å²) in [4.78, 5) is 2.50. The van der Waals surface area contributed by atoms with Crippen LogP contribution in [0.1, 0.15) is 25.0 Å². The van der Waals surface area contributed by atoms with E-state index in [0.29, 0.717) is 0 Å². The zero-order chi connectivity index (χ0) is 35.5. The van der Waals surface area contributed by atoms with Crippen LogP contribution in [0.5, 0.6) is 0 Å². The van der Waals surface area contributed by atoms with Gasteiger partial charge in [-0.2, -0.15) is 0 Å². The van der Waals surface area contributed by atoms with Gasteiger partial charge in [-0.1, -0.05) is 166 Å². The van der Waals surface area contributed by atoms with Gasteiger partial charge in [-0.25, -0.2) is 0 Å². The lowest BCUT2D eigenvalue weighted by Gasteiger charge is -2.31. The van der Waals surface area contributed by atoms with Gasteiger partial charge in [0.1, 0.15) is 0 Å². The summed E-state index contributed by atoms with van der Waals surface area (Å²) >= 11 is 1.87. The average molecular weight is 696 g/mol. The van der Waals surface area contributed by atoms with Crippen LogP contribution in [0.15, 0.2) is 188 Å². The van der Waals surface area contributed by atoms with E-state index in [1.165, 1.54) is 75.8 Å². The highest BCUT2D eigenvalue weighted by Crippen LogP contribution is 2.53. The lowest BCUT2D eigenvalue weighted by molar-refractivity contribution is 0.660. The molecule has 8 aromatic carbocycles. The molecule has 0 aliphatic heterocycles. The van der Waals surface area contributed by atoms with Crippen LogP contribution in [0, 0.1) is 0 Å². The molecule has 0 bridgehead atoms. The molecule has 1 aromatic heterocycles. The molecular formula is C51H37NS. The SMILES string of the molecule is CC1(C)c2ccccc2-c2cc(N(c3ccc4c(c3)sc3ccccc34)c3cccc(-c4ccccc4)c3-c3ccccc3-c3ccccc3)ccc21. The summed E-state index contributed by atoms with van der Waals surface area (Å²) in [5.41, 5.74) is 15.9. The van der Waals surface area contributed by atoms with Gasteiger partial charge in [0.15, 0.2) is 0 Å². The molecule has 0 unspecified atom stereocenters. The highest BCUT2D eigenvalue weighted by molar-refractivity contribution is 7.25. The molecule has 0 fully saturated rings. The topological polar surface area (TPSA) is 3.24 Å². The normalized spacial score (nSPS) is 12.9. The fourth-order valence-corrected chi connectivity index (χ4v) is 9.71. The molecule has 0 spiro atoms. The molecule has 0 saturated heterocycles. The number of rotatable bonds is 6. The van der Waals surface area contributed by atoms with E-state index in [1.54, 1.807) is 0 Å². The molecule has 53 heavy (non-hydrogen) atoms. The molecule has 0 amide bonds. The Morgan fingerprint density at radius 2 is 0.962 bits per heavy atom. The largest absolute Gasteiger partial charge is 0.310 e. The first-order chi connectivity index (χ1) is 26.1. The Kier molecular flexibility index (Phi) is 7.42. The van der Waals surface area contributed by atoms with Crippen molar-refractivity contribution in [3.8, 4) is 44.5 Å². The Hall–Kier alpha value is -6.22. The second-order valence-electron chi connectivity index (χ2n) is 14.5. The monoisotopic (exact) mass is 695 g/mol. The fraction of sp³-hybridized carbons (Fsp3) is 0.0588. The molecule has 1 aliphatic carbocycles. The molecule has 0 N–H and O–H groups in total. The van der Waals surface area contributed by atoms with E-state index in [-0.39, 0.29) is 5.41 Å². The molecule has 10 rings (SSSR count). The molecule has 1 aliphatic rings. The summed E-state index contributed by atoms with van der Waals surface area (Å²) in [5.74, 6) is 0. The molecular weight excluding hydrogens is 659 g/mol. The molecule has 1 heterocycles. The van der Waals surface area contributed by atoms with Crippen LogP contribution in [0.4, 0.5) is 17.1 Å². The second-order valence-corrected chi connectivity index (χ2v) is 15.6. The molecule has 0 saturated carbocycles. The maximum atomic E-state index is 2.50. The third kappa shape index (κ3) is 5.13. The van der Waals surface area contributed by atoms with Crippen molar-refractivity contribution in [2.75, 3.05) is 4.90 Å². The van der Waals surface area contributed by atoms with Crippen LogP contribution in [-0.4, -0.2) is 0 Å². The lowest BCUT2D eigenvalue weighted by atomic mass is 9.82. The Labute approximate surface area is 315 Å². The van der Waals surface area contributed by atoms with Gasteiger partial charge in [0.25, 0.3) is 0 Å². The quantitative estimate of drug-likeness (QED) is 0.167. The van der Waals surface area contributed by atoms with Gasteiger partial charge in [0.05, 0.1) is 5.69 Å². The highest BCUT2D eigenvalue weighted by atomic mass is 32.1. The summed E-state index contributed by atoms with van der Waals surface area (Å²) in [6, 6.07) is 69.2. The van der Waals surface area contributed by atoms with Gasteiger partial charge in [-0.15, -0.1) is 11.3 Å². The number of benzene rings is 8. The predicted molar refractivity (Wildman–Crippen MR) is 228 cm³/mol. The molecule has 1 nitrogen and oxygen atoms in total. The second kappa shape index (κ2) is 12.5. The third-order valence-corrected chi connectivity index (χ3v) is 12.2. The summed E-state index contributed by atoms with van der Waals surface area (Å²) in [5, 5.41) is 2.61. The Bertz CT molecular complexity index is 2810. The van der Waals surface area contributed by atoms with E-state index < -0.39 is 0 Å². The highest BCUT2D eigenvalue weighted by Gasteiger charge is 2.36. The number of hydrogen-bond donors (Lipinski definition) is 0. The maximum Gasteiger partial charge on any atom is 0.0546 e. The van der Waals surface area contributed by atoms with E-state index >= 15 is 0 Å². The van der Waals surface area contributed by atoms with Crippen LogP contribution >= 0.6 is 11.3 Å². The minimum Gasteiger partial charge on any atom is -0.310 e. The van der Waals surface area contributed by atoms with E-state index in [2.05, 4.69) is 207 Å². The minimum atomic E-state index is -0.0711. The summed E-state index contributed by atoms with van der Waals surface area (Å²) in [7, 11) is 0. The van der Waals surface area contributed by atoms with Gasteiger partial charge in [-0.3, -0.25) is 0 Å². The van der Waals surface area contributed by atoms with Crippen molar-refractivity contribution in [1.29, 1.82) is 0 Å². The van der Waals surface area contributed by atoms with Gasteiger partial charge >= 0.3 is 0 Å². The number of anilines is 3. The standard InChI is InChI=1S/C51H37NS/c1-51(2)45-25-13-11-21-40(45)44-32-36(29-31-46(44)51)52(37-28-30-42-41-22-12-14-27-48(41)53-49(42)33-37)47-26-15-24-39(35-18-7-4-8-19-35)50(47)43-23-10-9-20-38(43)34-16-5-3-6-17-34/h3-33H,1-2H3. The summed E-state index contributed by atoms with van der Waals surface area (Å²) < 4.78 is 2.60. The van der Waals surface area contributed by atoms with Crippen molar-refractivity contribution in [2.45, 2.75) is 19.3 Å². The van der Waals surface area contributed by atoms with Crippen LogP contribution in [0.25, 0.3) is 64.7 Å². The van der Waals surface area contributed by atoms with Crippen molar-refractivity contribution in [3.05, 3.63) is 199 Å².